The zero-order chi connectivity index (χ0) is 18.9. The maximum Gasteiger partial charge on any atom is 0.239 e. The van der Waals surface area contributed by atoms with E-state index >= 15 is 0 Å². The van der Waals surface area contributed by atoms with E-state index in [1.807, 2.05) is 32.0 Å². The molecular weight excluding hydrogens is 332 g/mol. The smallest absolute Gasteiger partial charge is 0.239 e. The number of ether oxygens (including phenoxy) is 2. The van der Waals surface area contributed by atoms with Gasteiger partial charge in [0.2, 0.25) is 11.8 Å². The number of likely N-dealkylation sites (tertiary alicyclic amines) is 1. The third kappa shape index (κ3) is 3.62. The van der Waals surface area contributed by atoms with Crippen molar-refractivity contribution in [2.45, 2.75) is 46.3 Å². The highest BCUT2D eigenvalue weighted by molar-refractivity contribution is 6.09. The lowest BCUT2D eigenvalue weighted by Crippen LogP contribution is -2.53. The van der Waals surface area contributed by atoms with Gasteiger partial charge in [-0.25, -0.2) is 0 Å². The molecule has 142 valence electrons. The van der Waals surface area contributed by atoms with E-state index in [4.69, 9.17) is 9.47 Å². The Morgan fingerprint density at radius 2 is 1.69 bits per heavy atom. The summed E-state index contributed by atoms with van der Waals surface area (Å²) in [4.78, 5) is 27.5. The van der Waals surface area contributed by atoms with Crippen LogP contribution in [0.3, 0.4) is 0 Å². The van der Waals surface area contributed by atoms with Crippen molar-refractivity contribution in [1.29, 1.82) is 0 Å². The number of anilines is 1. The molecule has 0 saturated carbocycles. The first-order valence-electron chi connectivity index (χ1n) is 9.20. The number of piperidine rings is 1. The van der Waals surface area contributed by atoms with Gasteiger partial charge in [-0.15, -0.1) is 0 Å². The van der Waals surface area contributed by atoms with E-state index in [1.165, 1.54) is 0 Å². The number of hydrogen-bond acceptors (Lipinski definition) is 4. The van der Waals surface area contributed by atoms with Gasteiger partial charge in [-0.1, -0.05) is 6.07 Å². The van der Waals surface area contributed by atoms with Crippen molar-refractivity contribution in [2.24, 2.45) is 5.41 Å². The van der Waals surface area contributed by atoms with E-state index in [-0.39, 0.29) is 11.8 Å². The fraction of sp³-hybridized carbons (Fsp3) is 0.600. The van der Waals surface area contributed by atoms with Crippen molar-refractivity contribution in [3.8, 4) is 0 Å². The summed E-state index contributed by atoms with van der Waals surface area (Å²) in [5, 5.41) is 2.88. The second-order valence-electron chi connectivity index (χ2n) is 7.78. The number of amides is 2. The Morgan fingerprint density at radius 1 is 1.08 bits per heavy atom. The van der Waals surface area contributed by atoms with Gasteiger partial charge in [0.25, 0.3) is 0 Å². The first kappa shape index (κ1) is 18.9. The molecule has 0 unspecified atom stereocenters. The van der Waals surface area contributed by atoms with Crippen LogP contribution in [0.25, 0.3) is 0 Å². The topological polar surface area (TPSA) is 67.9 Å². The van der Waals surface area contributed by atoms with Gasteiger partial charge in [0, 0.05) is 31.6 Å². The Morgan fingerprint density at radius 3 is 2.27 bits per heavy atom. The molecule has 2 aliphatic heterocycles. The van der Waals surface area contributed by atoms with Crippen molar-refractivity contribution in [3.05, 3.63) is 29.3 Å². The van der Waals surface area contributed by atoms with Crippen LogP contribution >= 0.6 is 0 Å². The van der Waals surface area contributed by atoms with Crippen molar-refractivity contribution in [1.82, 2.24) is 4.90 Å². The summed E-state index contributed by atoms with van der Waals surface area (Å²) < 4.78 is 11.4. The lowest BCUT2D eigenvalue weighted by atomic mass is 9.88. The predicted octanol–water partition coefficient (Wildman–Crippen LogP) is 2.63. The normalized spacial score (nSPS) is 19.6. The first-order valence-corrected chi connectivity index (χ1v) is 9.20. The van der Waals surface area contributed by atoms with Gasteiger partial charge in [0.1, 0.15) is 5.41 Å². The summed E-state index contributed by atoms with van der Waals surface area (Å²) in [6.07, 6.45) is 1.29. The predicted molar refractivity (Wildman–Crippen MR) is 98.8 cm³/mol. The summed E-state index contributed by atoms with van der Waals surface area (Å²) in [5.41, 5.74) is 1.84. The van der Waals surface area contributed by atoms with E-state index in [1.54, 1.807) is 18.7 Å². The zero-order valence-electron chi connectivity index (χ0n) is 16.1. The monoisotopic (exact) mass is 360 g/mol. The number of benzene rings is 1. The van der Waals surface area contributed by atoms with Gasteiger partial charge in [-0.05, 0) is 51.0 Å². The number of nitrogens with one attached hydrogen (secondary N) is 1. The fourth-order valence-corrected chi connectivity index (χ4v) is 3.44. The van der Waals surface area contributed by atoms with Gasteiger partial charge in [-0.3, -0.25) is 9.59 Å². The number of carbonyl (C=O) groups excluding carboxylic acids is 2. The zero-order valence-corrected chi connectivity index (χ0v) is 16.1. The summed E-state index contributed by atoms with van der Waals surface area (Å²) in [5.74, 6) is -0.978. The second kappa shape index (κ2) is 7.00. The summed E-state index contributed by atoms with van der Waals surface area (Å²) >= 11 is 0. The quantitative estimate of drug-likeness (QED) is 0.842. The number of nitrogens with zero attached hydrogens (tertiary/aromatic N) is 1. The number of carbonyl (C=O) groups is 2. The third-order valence-electron chi connectivity index (χ3n) is 5.49. The van der Waals surface area contributed by atoms with Crippen LogP contribution < -0.4 is 5.32 Å². The SMILES string of the molecule is Cc1ccc(NC(=O)C(C)(C)C(=O)N2CCC3(CC2)OCCO3)cc1C. The van der Waals surface area contributed by atoms with Gasteiger partial charge in [-0.2, -0.15) is 0 Å². The minimum Gasteiger partial charge on any atom is -0.347 e. The lowest BCUT2D eigenvalue weighted by Gasteiger charge is -2.40. The fourth-order valence-electron chi connectivity index (χ4n) is 3.44. The summed E-state index contributed by atoms with van der Waals surface area (Å²) in [6.45, 7) is 9.68. The Hall–Kier alpha value is -1.92. The van der Waals surface area contributed by atoms with E-state index in [2.05, 4.69) is 5.32 Å². The van der Waals surface area contributed by atoms with Crippen LogP contribution in [0, 0.1) is 19.3 Å². The van der Waals surface area contributed by atoms with Crippen LogP contribution in [-0.4, -0.2) is 48.8 Å². The summed E-state index contributed by atoms with van der Waals surface area (Å²) in [7, 11) is 0. The van der Waals surface area contributed by atoms with Crippen molar-refractivity contribution < 1.29 is 19.1 Å². The molecule has 2 fully saturated rings. The van der Waals surface area contributed by atoms with Crippen molar-refractivity contribution in [3.63, 3.8) is 0 Å². The molecule has 1 spiro atoms. The molecule has 3 rings (SSSR count). The van der Waals surface area contributed by atoms with E-state index in [0.717, 1.165) is 11.1 Å². The molecule has 1 N–H and O–H groups in total. The maximum absolute atomic E-state index is 13.0. The Labute approximate surface area is 154 Å². The van der Waals surface area contributed by atoms with Gasteiger partial charge in [0.15, 0.2) is 5.79 Å². The molecule has 0 atom stereocenters. The van der Waals surface area contributed by atoms with Crippen LogP contribution in [-0.2, 0) is 19.1 Å². The molecule has 0 bridgehead atoms. The Kier molecular flexibility index (Phi) is 5.08. The highest BCUT2D eigenvalue weighted by Crippen LogP contribution is 2.33. The minimum atomic E-state index is -1.14. The van der Waals surface area contributed by atoms with Gasteiger partial charge >= 0.3 is 0 Å². The van der Waals surface area contributed by atoms with Gasteiger partial charge in [0.05, 0.1) is 13.2 Å². The first-order chi connectivity index (χ1) is 12.2. The number of hydrogen-bond donors (Lipinski definition) is 1. The lowest BCUT2D eigenvalue weighted by molar-refractivity contribution is -0.189. The summed E-state index contributed by atoms with van der Waals surface area (Å²) in [6, 6.07) is 5.75. The van der Waals surface area contributed by atoms with Crippen LogP contribution in [0.15, 0.2) is 18.2 Å². The molecule has 0 aliphatic carbocycles. The molecule has 1 aromatic rings. The average Bonchev–Trinajstić information content (AvgIpc) is 3.06. The van der Waals surface area contributed by atoms with E-state index in [0.29, 0.717) is 44.8 Å². The molecule has 26 heavy (non-hydrogen) atoms. The molecule has 1 aromatic carbocycles. The molecule has 0 radical (unpaired) electrons. The Bertz CT molecular complexity index is 698. The van der Waals surface area contributed by atoms with Crippen LogP contribution in [0.4, 0.5) is 5.69 Å². The second-order valence-corrected chi connectivity index (χ2v) is 7.78. The average molecular weight is 360 g/mol. The molecule has 2 aliphatic rings. The van der Waals surface area contributed by atoms with E-state index in [9.17, 15) is 9.59 Å². The molecule has 6 heteroatoms. The van der Waals surface area contributed by atoms with Crippen LogP contribution in [0.5, 0.6) is 0 Å². The molecule has 6 nitrogen and oxygen atoms in total. The number of aryl methyl sites for hydroxylation is 2. The molecular formula is C20H28N2O4. The number of rotatable bonds is 3. The van der Waals surface area contributed by atoms with Crippen molar-refractivity contribution >= 4 is 17.5 Å². The maximum atomic E-state index is 13.0. The van der Waals surface area contributed by atoms with Crippen molar-refractivity contribution in [2.75, 3.05) is 31.6 Å². The van der Waals surface area contributed by atoms with Crippen LogP contribution in [0.2, 0.25) is 0 Å². The van der Waals surface area contributed by atoms with Gasteiger partial charge < -0.3 is 19.7 Å². The third-order valence-corrected chi connectivity index (χ3v) is 5.49. The Balaban J connectivity index is 1.63. The largest absolute Gasteiger partial charge is 0.347 e. The van der Waals surface area contributed by atoms with Crippen LogP contribution in [0.1, 0.15) is 37.8 Å². The highest BCUT2D eigenvalue weighted by Gasteiger charge is 2.45. The molecule has 0 aromatic heterocycles. The molecule has 2 amide bonds. The minimum absolute atomic E-state index is 0.160. The molecule has 2 saturated heterocycles. The standard InChI is InChI=1S/C20H28N2O4/c1-14-5-6-16(13-15(14)2)21-17(23)19(3,4)18(24)22-9-7-20(8-10-22)25-11-12-26-20/h5-6,13H,7-12H2,1-4H3,(H,21,23). The van der Waals surface area contributed by atoms with E-state index < -0.39 is 11.2 Å². The highest BCUT2D eigenvalue weighted by atomic mass is 16.7. The molecule has 2 heterocycles.